The van der Waals surface area contributed by atoms with E-state index in [4.69, 9.17) is 15.4 Å². The van der Waals surface area contributed by atoms with Crippen LogP contribution in [0.15, 0.2) is 11.1 Å². The Morgan fingerprint density at radius 3 is 2.67 bits per heavy atom. The molecule has 0 radical (unpaired) electrons. The molecule has 0 aliphatic rings. The summed E-state index contributed by atoms with van der Waals surface area (Å²) in [4.78, 5) is 0.0273. The molecular formula is C8H13ClN2O3S. The molecule has 7 heteroatoms. The summed E-state index contributed by atoms with van der Waals surface area (Å²) in [5.74, 6) is 0. The van der Waals surface area contributed by atoms with E-state index < -0.39 is 9.05 Å². The smallest absolute Gasteiger partial charge is 0.264 e. The first-order chi connectivity index (χ1) is 6.99. The third-order valence-electron chi connectivity index (χ3n) is 1.83. The first-order valence-corrected chi connectivity index (χ1v) is 6.88. The number of hydrogen-bond acceptors (Lipinski definition) is 4. The van der Waals surface area contributed by atoms with E-state index in [9.17, 15) is 8.42 Å². The van der Waals surface area contributed by atoms with Crippen LogP contribution in [0, 0.1) is 0 Å². The summed E-state index contributed by atoms with van der Waals surface area (Å²) < 4.78 is 29.0. The van der Waals surface area contributed by atoms with Gasteiger partial charge in [0, 0.05) is 30.0 Å². The van der Waals surface area contributed by atoms with Gasteiger partial charge in [-0.15, -0.1) is 0 Å². The van der Waals surface area contributed by atoms with Crippen LogP contribution < -0.4 is 0 Å². The molecule has 0 N–H and O–H groups in total. The average Bonchev–Trinajstić information content (AvgIpc) is 2.57. The van der Waals surface area contributed by atoms with Crippen molar-refractivity contribution in [1.29, 1.82) is 0 Å². The van der Waals surface area contributed by atoms with E-state index in [0.29, 0.717) is 18.8 Å². The zero-order valence-corrected chi connectivity index (χ0v) is 10.2. The second-order valence-corrected chi connectivity index (χ2v) is 5.41. The number of ether oxygens (including phenoxy) is 1. The molecule has 1 rings (SSSR count). The van der Waals surface area contributed by atoms with Gasteiger partial charge in [0.05, 0.1) is 6.61 Å². The van der Waals surface area contributed by atoms with E-state index >= 15 is 0 Å². The van der Waals surface area contributed by atoms with E-state index in [1.54, 1.807) is 0 Å². The fraction of sp³-hybridized carbons (Fsp3) is 0.625. The van der Waals surface area contributed by atoms with Crippen molar-refractivity contribution in [1.82, 2.24) is 9.78 Å². The molecule has 0 saturated heterocycles. The van der Waals surface area contributed by atoms with Crippen molar-refractivity contribution in [3.63, 3.8) is 0 Å². The third kappa shape index (κ3) is 3.19. The Labute approximate surface area is 93.4 Å². The zero-order valence-electron chi connectivity index (χ0n) is 8.60. The van der Waals surface area contributed by atoms with Crippen molar-refractivity contribution in [3.05, 3.63) is 11.9 Å². The molecule has 15 heavy (non-hydrogen) atoms. The predicted octanol–water partition coefficient (Wildman–Crippen LogP) is 1.37. The van der Waals surface area contributed by atoms with Crippen LogP contribution in [-0.2, 0) is 26.9 Å². The number of nitrogens with zero attached hydrogens (tertiary/aromatic N) is 2. The third-order valence-corrected chi connectivity index (χ3v) is 3.19. The normalized spacial score (nSPS) is 11.9. The van der Waals surface area contributed by atoms with Crippen LogP contribution in [-0.4, -0.2) is 24.8 Å². The van der Waals surface area contributed by atoms with Crippen molar-refractivity contribution in [2.75, 3.05) is 6.61 Å². The highest BCUT2D eigenvalue weighted by molar-refractivity contribution is 8.13. The number of aryl methyl sites for hydroxylation is 1. The van der Waals surface area contributed by atoms with E-state index in [1.807, 2.05) is 13.8 Å². The van der Waals surface area contributed by atoms with Crippen LogP contribution >= 0.6 is 10.7 Å². The Kier molecular flexibility index (Phi) is 4.12. The lowest BCUT2D eigenvalue weighted by Crippen LogP contribution is -2.00. The lowest BCUT2D eigenvalue weighted by atomic mass is 10.5. The molecule has 1 aromatic heterocycles. The van der Waals surface area contributed by atoms with Gasteiger partial charge >= 0.3 is 0 Å². The Bertz CT molecular complexity index is 427. The van der Waals surface area contributed by atoms with Gasteiger partial charge in [-0.25, -0.2) is 8.42 Å². The van der Waals surface area contributed by atoms with Crippen LogP contribution in [0.4, 0.5) is 0 Å². The zero-order chi connectivity index (χ0) is 11.5. The minimum absolute atomic E-state index is 0.0273. The van der Waals surface area contributed by atoms with Crippen molar-refractivity contribution in [3.8, 4) is 0 Å². The van der Waals surface area contributed by atoms with Crippen LogP contribution in [0.5, 0.6) is 0 Å². The van der Waals surface area contributed by atoms with E-state index in [-0.39, 0.29) is 11.5 Å². The summed E-state index contributed by atoms with van der Waals surface area (Å²) in [6, 6.07) is 0. The quantitative estimate of drug-likeness (QED) is 0.743. The second kappa shape index (κ2) is 4.96. The van der Waals surface area contributed by atoms with Crippen LogP contribution in [0.25, 0.3) is 0 Å². The summed E-state index contributed by atoms with van der Waals surface area (Å²) in [6.07, 6.45) is 1.41. The first kappa shape index (κ1) is 12.5. The Morgan fingerprint density at radius 1 is 1.53 bits per heavy atom. The van der Waals surface area contributed by atoms with Gasteiger partial charge in [0.2, 0.25) is 0 Å². The van der Waals surface area contributed by atoms with Gasteiger partial charge in [-0.05, 0) is 13.8 Å². The van der Waals surface area contributed by atoms with Gasteiger partial charge in [0.15, 0.2) is 0 Å². The molecule has 5 nitrogen and oxygen atoms in total. The minimum Gasteiger partial charge on any atom is -0.375 e. The maximum absolute atomic E-state index is 11.2. The monoisotopic (exact) mass is 252 g/mol. The lowest BCUT2D eigenvalue weighted by Gasteiger charge is -1.98. The fourth-order valence-electron chi connectivity index (χ4n) is 1.11. The van der Waals surface area contributed by atoms with E-state index in [2.05, 4.69) is 5.10 Å². The molecule has 0 amide bonds. The lowest BCUT2D eigenvalue weighted by molar-refractivity contribution is 0.129. The van der Waals surface area contributed by atoms with Crippen LogP contribution in [0.1, 0.15) is 19.5 Å². The first-order valence-electron chi connectivity index (χ1n) is 4.57. The maximum atomic E-state index is 11.2. The number of halogens is 1. The molecule has 0 saturated carbocycles. The standard InChI is InChI=1S/C8H13ClN2O3S/c1-3-11-5-8(15(9,12)13)7(10-11)6-14-4-2/h5H,3-4,6H2,1-2H3. The van der Waals surface area contributed by atoms with Crippen LogP contribution in [0.2, 0.25) is 0 Å². The van der Waals surface area contributed by atoms with Crippen molar-refractivity contribution < 1.29 is 13.2 Å². The van der Waals surface area contributed by atoms with Crippen LogP contribution in [0.3, 0.4) is 0 Å². The second-order valence-electron chi connectivity index (χ2n) is 2.87. The molecule has 0 spiro atoms. The molecule has 0 atom stereocenters. The van der Waals surface area contributed by atoms with Crippen molar-refractivity contribution in [2.24, 2.45) is 0 Å². The molecule has 1 aromatic rings. The maximum Gasteiger partial charge on any atom is 0.264 e. The van der Waals surface area contributed by atoms with Gasteiger partial charge < -0.3 is 4.74 Å². The summed E-state index contributed by atoms with van der Waals surface area (Å²) in [7, 11) is 1.53. The van der Waals surface area contributed by atoms with Gasteiger partial charge in [-0.2, -0.15) is 5.10 Å². The van der Waals surface area contributed by atoms with E-state index in [1.165, 1.54) is 10.9 Å². The largest absolute Gasteiger partial charge is 0.375 e. The number of aromatic nitrogens is 2. The summed E-state index contributed by atoms with van der Waals surface area (Å²) >= 11 is 0. The number of rotatable bonds is 5. The van der Waals surface area contributed by atoms with Gasteiger partial charge in [0.1, 0.15) is 10.6 Å². The topological polar surface area (TPSA) is 61.2 Å². The molecule has 0 aliphatic heterocycles. The number of hydrogen-bond donors (Lipinski definition) is 0. The molecule has 86 valence electrons. The Balaban J connectivity index is 3.06. The summed E-state index contributed by atoms with van der Waals surface area (Å²) in [6.45, 7) is 4.94. The molecule has 0 bridgehead atoms. The SMILES string of the molecule is CCOCc1nn(CC)cc1S(=O)(=O)Cl. The molecule has 1 heterocycles. The highest BCUT2D eigenvalue weighted by atomic mass is 35.7. The van der Waals surface area contributed by atoms with Crippen molar-refractivity contribution >= 4 is 19.7 Å². The molecule has 0 aromatic carbocycles. The van der Waals surface area contributed by atoms with E-state index in [0.717, 1.165) is 0 Å². The summed E-state index contributed by atoms with van der Waals surface area (Å²) in [5.41, 5.74) is 0.355. The molecule has 0 fully saturated rings. The average molecular weight is 253 g/mol. The predicted molar refractivity (Wildman–Crippen MR) is 56.3 cm³/mol. The highest BCUT2D eigenvalue weighted by Crippen LogP contribution is 2.19. The minimum atomic E-state index is -3.74. The van der Waals surface area contributed by atoms with Gasteiger partial charge in [-0.1, -0.05) is 0 Å². The molecule has 0 unspecified atom stereocenters. The van der Waals surface area contributed by atoms with Gasteiger partial charge in [-0.3, -0.25) is 4.68 Å². The molecular weight excluding hydrogens is 240 g/mol. The Hall–Kier alpha value is -0.590. The highest BCUT2D eigenvalue weighted by Gasteiger charge is 2.19. The Morgan fingerprint density at radius 2 is 2.20 bits per heavy atom. The van der Waals surface area contributed by atoms with Gasteiger partial charge in [0.25, 0.3) is 9.05 Å². The molecule has 0 aliphatic carbocycles. The van der Waals surface area contributed by atoms with Crippen molar-refractivity contribution in [2.45, 2.75) is 31.9 Å². The fourth-order valence-corrected chi connectivity index (χ4v) is 2.12. The summed E-state index contributed by atoms with van der Waals surface area (Å²) in [5, 5.41) is 4.06.